The highest BCUT2D eigenvalue weighted by Crippen LogP contribution is 2.36. The van der Waals surface area contributed by atoms with Crippen LogP contribution in [0.5, 0.6) is 0 Å². The number of hydrogen-bond acceptors (Lipinski definition) is 4. The lowest BCUT2D eigenvalue weighted by Gasteiger charge is -2.44. The van der Waals surface area contributed by atoms with Gasteiger partial charge in [-0.15, -0.1) is 0 Å². The number of carbonyl (C=O) groups excluding carboxylic acids is 3. The van der Waals surface area contributed by atoms with Gasteiger partial charge in [0.2, 0.25) is 17.7 Å². The van der Waals surface area contributed by atoms with Crippen molar-refractivity contribution in [3.8, 4) is 0 Å². The second kappa shape index (κ2) is 12.4. The van der Waals surface area contributed by atoms with Crippen molar-refractivity contribution in [3.63, 3.8) is 0 Å². The second-order valence-corrected chi connectivity index (χ2v) is 11.8. The number of fused-ring (bicyclic) bond motifs is 1. The van der Waals surface area contributed by atoms with Crippen molar-refractivity contribution in [2.75, 3.05) is 13.1 Å². The number of benzene rings is 3. The first-order chi connectivity index (χ1) is 19.7. The summed E-state index contributed by atoms with van der Waals surface area (Å²) in [5.74, 6) is -0.643. The molecule has 3 aromatic carbocycles. The number of nitrogens with zero attached hydrogens (tertiary/aromatic N) is 2. The minimum atomic E-state index is -0.848. The van der Waals surface area contributed by atoms with E-state index in [-0.39, 0.29) is 42.5 Å². The van der Waals surface area contributed by atoms with Gasteiger partial charge >= 0.3 is 0 Å². The molecule has 1 aliphatic heterocycles. The number of halogens is 1. The van der Waals surface area contributed by atoms with Crippen molar-refractivity contribution >= 4 is 28.5 Å². The molecular formula is C33H39FN4O3. The van der Waals surface area contributed by atoms with Crippen LogP contribution in [0, 0.1) is 11.7 Å². The predicted octanol–water partition coefficient (Wildman–Crippen LogP) is 3.82. The molecular weight excluding hydrogens is 519 g/mol. The zero-order valence-corrected chi connectivity index (χ0v) is 23.8. The molecule has 7 nitrogen and oxygen atoms in total. The molecule has 0 bridgehead atoms. The van der Waals surface area contributed by atoms with E-state index in [0.29, 0.717) is 25.3 Å². The molecule has 1 saturated carbocycles. The van der Waals surface area contributed by atoms with E-state index in [2.05, 4.69) is 11.4 Å². The Morgan fingerprint density at radius 1 is 0.951 bits per heavy atom. The Labute approximate surface area is 240 Å². The van der Waals surface area contributed by atoms with E-state index in [4.69, 9.17) is 5.73 Å². The van der Waals surface area contributed by atoms with E-state index in [1.165, 1.54) is 12.1 Å². The van der Waals surface area contributed by atoms with Crippen LogP contribution in [0.1, 0.15) is 44.2 Å². The fourth-order valence-electron chi connectivity index (χ4n) is 5.77. The van der Waals surface area contributed by atoms with Crippen molar-refractivity contribution in [2.24, 2.45) is 11.7 Å². The molecule has 41 heavy (non-hydrogen) atoms. The van der Waals surface area contributed by atoms with E-state index >= 15 is 0 Å². The molecule has 1 saturated heterocycles. The molecule has 1 heterocycles. The maximum absolute atomic E-state index is 14.1. The average molecular weight is 559 g/mol. The maximum atomic E-state index is 14.1. The van der Waals surface area contributed by atoms with Crippen LogP contribution in [0.4, 0.5) is 4.39 Å². The molecule has 0 spiro atoms. The molecule has 3 aromatic rings. The first-order valence-electron chi connectivity index (χ1n) is 14.6. The van der Waals surface area contributed by atoms with Gasteiger partial charge in [-0.3, -0.25) is 14.4 Å². The number of hydrogen-bond donors (Lipinski definition) is 2. The van der Waals surface area contributed by atoms with Crippen molar-refractivity contribution < 1.29 is 18.8 Å². The van der Waals surface area contributed by atoms with Gasteiger partial charge in [0.1, 0.15) is 17.9 Å². The van der Waals surface area contributed by atoms with Gasteiger partial charge in [-0.05, 0) is 66.6 Å². The summed E-state index contributed by atoms with van der Waals surface area (Å²) in [6.07, 6.45) is 3.26. The van der Waals surface area contributed by atoms with Crippen LogP contribution in [0.15, 0.2) is 66.7 Å². The molecule has 0 aromatic heterocycles. The van der Waals surface area contributed by atoms with Gasteiger partial charge < -0.3 is 20.9 Å². The van der Waals surface area contributed by atoms with Gasteiger partial charge in [0, 0.05) is 25.6 Å². The first kappa shape index (κ1) is 28.7. The van der Waals surface area contributed by atoms with Gasteiger partial charge in [0.25, 0.3) is 0 Å². The highest BCUT2D eigenvalue weighted by Gasteiger charge is 2.45. The third-order valence-corrected chi connectivity index (χ3v) is 8.10. The van der Waals surface area contributed by atoms with Gasteiger partial charge in [-0.2, -0.15) is 0 Å². The predicted molar refractivity (Wildman–Crippen MR) is 157 cm³/mol. The summed E-state index contributed by atoms with van der Waals surface area (Å²) in [5, 5.41) is 5.20. The molecule has 8 heteroatoms. The maximum Gasteiger partial charge on any atom is 0.246 e. The summed E-state index contributed by atoms with van der Waals surface area (Å²) >= 11 is 0. The van der Waals surface area contributed by atoms with E-state index in [1.54, 1.807) is 21.9 Å². The molecule has 2 fully saturated rings. The van der Waals surface area contributed by atoms with Crippen molar-refractivity contribution in [1.82, 2.24) is 15.1 Å². The fourth-order valence-corrected chi connectivity index (χ4v) is 5.77. The van der Waals surface area contributed by atoms with Gasteiger partial charge in [0.15, 0.2) is 0 Å². The lowest BCUT2D eigenvalue weighted by Crippen LogP contribution is -2.65. The first-order valence-corrected chi connectivity index (χ1v) is 14.6. The Bertz CT molecular complexity index is 1410. The van der Waals surface area contributed by atoms with Crippen LogP contribution in [-0.4, -0.2) is 64.8 Å². The lowest BCUT2D eigenvalue weighted by atomic mass is 9.96. The molecule has 5 rings (SSSR count). The Morgan fingerprint density at radius 2 is 1.63 bits per heavy atom. The standard InChI is InChI=1S/C33H39FN4O3/c1-21(2)36-31(39)29(20-24-9-12-25-5-3-4-6-26(25)17-24)37-15-16-38(30(33(37)41)19-23-7-8-23)32(40)28(35)18-22-10-13-27(34)14-11-22/h3-6,9-14,17,21,23,28-30H,7-8,15-16,18-20,35H2,1-2H3,(H,36,39)/t28?,29?,30-/m0/s1. The molecule has 3 N–H and O–H groups in total. The van der Waals surface area contributed by atoms with Crippen LogP contribution in [0.25, 0.3) is 10.8 Å². The van der Waals surface area contributed by atoms with E-state index in [1.807, 2.05) is 50.2 Å². The topological polar surface area (TPSA) is 95.7 Å². The van der Waals surface area contributed by atoms with Gasteiger partial charge in [-0.25, -0.2) is 4.39 Å². The summed E-state index contributed by atoms with van der Waals surface area (Å²) in [6, 6.07) is 17.9. The summed E-state index contributed by atoms with van der Waals surface area (Å²) in [6.45, 7) is 4.37. The monoisotopic (exact) mass is 558 g/mol. The number of amides is 3. The molecule has 3 amide bonds. The van der Waals surface area contributed by atoms with Crippen molar-refractivity contribution in [2.45, 2.75) is 70.1 Å². The van der Waals surface area contributed by atoms with E-state index in [0.717, 1.165) is 34.7 Å². The van der Waals surface area contributed by atoms with Crippen LogP contribution in [0.2, 0.25) is 0 Å². The van der Waals surface area contributed by atoms with Crippen LogP contribution in [0.3, 0.4) is 0 Å². The highest BCUT2D eigenvalue weighted by atomic mass is 19.1. The molecule has 216 valence electrons. The largest absolute Gasteiger partial charge is 0.352 e. The van der Waals surface area contributed by atoms with Crippen molar-refractivity contribution in [1.29, 1.82) is 0 Å². The molecule has 2 unspecified atom stereocenters. The Morgan fingerprint density at radius 3 is 2.32 bits per heavy atom. The number of rotatable bonds is 10. The number of nitrogens with two attached hydrogens (primary N) is 1. The summed E-state index contributed by atoms with van der Waals surface area (Å²) in [4.78, 5) is 44.5. The lowest BCUT2D eigenvalue weighted by molar-refractivity contribution is -0.157. The van der Waals surface area contributed by atoms with Crippen LogP contribution in [-0.2, 0) is 27.2 Å². The SMILES string of the molecule is CC(C)NC(=O)C(Cc1ccc2ccccc2c1)N1CCN(C(=O)C(N)Cc2ccc(F)cc2)[C@@H](CC2CC2)C1=O. The molecule has 0 radical (unpaired) electrons. The number of piperazine rings is 1. The average Bonchev–Trinajstić information content (AvgIpc) is 3.77. The number of nitrogens with one attached hydrogen (secondary N) is 1. The van der Waals surface area contributed by atoms with E-state index in [9.17, 15) is 18.8 Å². The zero-order chi connectivity index (χ0) is 29.1. The molecule has 1 aliphatic carbocycles. The summed E-state index contributed by atoms with van der Waals surface area (Å²) in [5.41, 5.74) is 8.08. The third kappa shape index (κ3) is 6.93. The van der Waals surface area contributed by atoms with E-state index < -0.39 is 18.1 Å². The van der Waals surface area contributed by atoms with Gasteiger partial charge in [-0.1, -0.05) is 67.4 Å². The number of carbonyl (C=O) groups is 3. The van der Waals surface area contributed by atoms with Gasteiger partial charge in [0.05, 0.1) is 6.04 Å². The minimum absolute atomic E-state index is 0.0775. The van der Waals surface area contributed by atoms with Crippen molar-refractivity contribution in [3.05, 3.63) is 83.7 Å². The Balaban J connectivity index is 1.37. The summed E-state index contributed by atoms with van der Waals surface area (Å²) in [7, 11) is 0. The van der Waals surface area contributed by atoms with Crippen LogP contribution >= 0.6 is 0 Å². The molecule has 3 atom stereocenters. The highest BCUT2D eigenvalue weighted by molar-refractivity contribution is 5.94. The quantitative estimate of drug-likeness (QED) is 0.396. The smallest absolute Gasteiger partial charge is 0.246 e. The normalized spacial score (nSPS) is 19.0. The fraction of sp³-hybridized carbons (Fsp3) is 0.424. The Kier molecular flexibility index (Phi) is 8.68. The summed E-state index contributed by atoms with van der Waals surface area (Å²) < 4.78 is 13.4. The molecule has 2 aliphatic rings. The zero-order valence-electron chi connectivity index (χ0n) is 23.8. The second-order valence-electron chi connectivity index (χ2n) is 11.8. The minimum Gasteiger partial charge on any atom is -0.352 e. The Hall–Kier alpha value is -3.78. The van der Waals surface area contributed by atoms with Crippen LogP contribution < -0.4 is 11.1 Å². The third-order valence-electron chi connectivity index (χ3n) is 8.10.